The maximum absolute atomic E-state index is 9.00. The number of hydrogen-bond donors (Lipinski definition) is 2. The first-order chi connectivity index (χ1) is 9.93. The van der Waals surface area contributed by atoms with Crippen molar-refractivity contribution in [3.63, 3.8) is 0 Å². The van der Waals surface area contributed by atoms with Gasteiger partial charge in [-0.3, -0.25) is 4.79 Å². The van der Waals surface area contributed by atoms with Gasteiger partial charge in [-0.15, -0.1) is 0 Å². The predicted octanol–water partition coefficient (Wildman–Crippen LogP) is 4.75. The molecule has 0 saturated heterocycles. The Morgan fingerprint density at radius 1 is 1.05 bits per heavy atom. The van der Waals surface area contributed by atoms with Crippen LogP contribution in [-0.4, -0.2) is 22.8 Å². The molecule has 0 saturated carbocycles. The van der Waals surface area contributed by atoms with Gasteiger partial charge in [-0.25, -0.2) is 0 Å². The molecular formula is C16H18Cl2O3. The number of carboxylic acid groups (broad SMARTS) is 1. The standard InChI is InChI=1S/C12H8Cl2.C2H4O2.C2H6O/c13-11-8-4-7-10(12(11)14)9-5-2-1-3-6-9;1-2(3)4;1-2-3/h1-8H;1H3,(H,3,4);3H,2H2,1H3. The van der Waals surface area contributed by atoms with Crippen LogP contribution < -0.4 is 0 Å². The number of hydrogen-bond acceptors (Lipinski definition) is 2. The highest BCUT2D eigenvalue weighted by Crippen LogP contribution is 2.32. The lowest BCUT2D eigenvalue weighted by Crippen LogP contribution is -1.79. The van der Waals surface area contributed by atoms with Gasteiger partial charge in [-0.05, 0) is 18.6 Å². The van der Waals surface area contributed by atoms with Crippen molar-refractivity contribution in [1.82, 2.24) is 0 Å². The fraction of sp³-hybridized carbons (Fsp3) is 0.188. The number of aliphatic hydroxyl groups excluding tert-OH is 1. The minimum absolute atomic E-state index is 0.250. The number of aliphatic carboxylic acids is 1. The lowest BCUT2D eigenvalue weighted by atomic mass is 10.1. The molecule has 0 heterocycles. The number of benzene rings is 2. The highest BCUT2D eigenvalue weighted by atomic mass is 35.5. The lowest BCUT2D eigenvalue weighted by Gasteiger charge is -2.04. The van der Waals surface area contributed by atoms with Crippen molar-refractivity contribution < 1.29 is 15.0 Å². The zero-order valence-electron chi connectivity index (χ0n) is 11.9. The SMILES string of the molecule is CC(=O)O.CCO.Clc1cccc(-c2ccccc2)c1Cl. The Hall–Kier alpha value is -1.55. The second kappa shape index (κ2) is 11.1. The molecule has 0 aliphatic rings. The molecule has 0 aliphatic carbocycles. The van der Waals surface area contributed by atoms with Gasteiger partial charge >= 0.3 is 0 Å². The Kier molecular flexibility index (Phi) is 10.3. The van der Waals surface area contributed by atoms with Crippen molar-refractivity contribution in [3.05, 3.63) is 58.6 Å². The number of carbonyl (C=O) groups is 1. The summed E-state index contributed by atoms with van der Waals surface area (Å²) in [6, 6.07) is 15.6. The van der Waals surface area contributed by atoms with Crippen molar-refractivity contribution in [2.75, 3.05) is 6.61 Å². The molecule has 0 aliphatic heterocycles. The first-order valence-corrected chi connectivity index (χ1v) is 6.99. The van der Waals surface area contributed by atoms with E-state index < -0.39 is 5.97 Å². The first-order valence-electron chi connectivity index (χ1n) is 6.23. The van der Waals surface area contributed by atoms with Crippen molar-refractivity contribution >= 4 is 29.2 Å². The highest BCUT2D eigenvalue weighted by Gasteiger charge is 2.05. The van der Waals surface area contributed by atoms with Gasteiger partial charge in [0.15, 0.2) is 0 Å². The summed E-state index contributed by atoms with van der Waals surface area (Å²) >= 11 is 12.0. The predicted molar refractivity (Wildman–Crippen MR) is 88.0 cm³/mol. The minimum atomic E-state index is -0.833. The van der Waals surface area contributed by atoms with E-state index in [2.05, 4.69) is 0 Å². The highest BCUT2D eigenvalue weighted by molar-refractivity contribution is 6.43. The number of aliphatic hydroxyl groups is 1. The number of rotatable bonds is 1. The summed E-state index contributed by atoms with van der Waals surface area (Å²) in [6.45, 7) is 3.01. The van der Waals surface area contributed by atoms with E-state index in [1.54, 1.807) is 13.0 Å². The largest absolute Gasteiger partial charge is 0.481 e. The van der Waals surface area contributed by atoms with Crippen molar-refractivity contribution in [2.45, 2.75) is 13.8 Å². The van der Waals surface area contributed by atoms with Crippen molar-refractivity contribution in [3.8, 4) is 11.1 Å². The Morgan fingerprint density at radius 2 is 1.52 bits per heavy atom. The molecular weight excluding hydrogens is 311 g/mol. The van der Waals surface area contributed by atoms with Crippen LogP contribution in [0.15, 0.2) is 48.5 Å². The minimum Gasteiger partial charge on any atom is -0.481 e. The Balaban J connectivity index is 0.000000486. The summed E-state index contributed by atoms with van der Waals surface area (Å²) in [7, 11) is 0. The monoisotopic (exact) mass is 328 g/mol. The molecule has 0 amide bonds. The van der Waals surface area contributed by atoms with Gasteiger partial charge in [0.25, 0.3) is 5.97 Å². The van der Waals surface area contributed by atoms with Crippen LogP contribution in [0.2, 0.25) is 10.0 Å². The van der Waals surface area contributed by atoms with Gasteiger partial charge in [0, 0.05) is 19.1 Å². The summed E-state index contributed by atoms with van der Waals surface area (Å²) in [5.74, 6) is -0.833. The fourth-order valence-electron chi connectivity index (χ4n) is 1.34. The van der Waals surface area contributed by atoms with Crippen molar-refractivity contribution in [2.24, 2.45) is 0 Å². The molecule has 2 aromatic carbocycles. The van der Waals surface area contributed by atoms with Gasteiger partial charge in [-0.2, -0.15) is 0 Å². The second-order valence-corrected chi connectivity index (χ2v) is 4.59. The smallest absolute Gasteiger partial charge is 0.300 e. The third kappa shape index (κ3) is 8.35. The Morgan fingerprint density at radius 3 is 2.00 bits per heavy atom. The van der Waals surface area contributed by atoms with Crippen LogP contribution in [0.4, 0.5) is 0 Å². The van der Waals surface area contributed by atoms with Crippen LogP contribution in [0.1, 0.15) is 13.8 Å². The van der Waals surface area contributed by atoms with E-state index in [0.717, 1.165) is 18.1 Å². The molecule has 0 unspecified atom stereocenters. The number of halogens is 2. The molecule has 114 valence electrons. The van der Waals surface area contributed by atoms with E-state index in [1.807, 2.05) is 42.5 Å². The topological polar surface area (TPSA) is 57.5 Å². The summed E-state index contributed by atoms with van der Waals surface area (Å²) in [4.78, 5) is 9.00. The summed E-state index contributed by atoms with van der Waals surface area (Å²) in [6.07, 6.45) is 0. The quantitative estimate of drug-likeness (QED) is 0.794. The van der Waals surface area contributed by atoms with Gasteiger partial charge in [0.2, 0.25) is 0 Å². The molecule has 0 atom stereocenters. The lowest BCUT2D eigenvalue weighted by molar-refractivity contribution is -0.134. The molecule has 2 aromatic rings. The Bertz CT molecular complexity index is 538. The third-order valence-corrected chi connectivity index (χ3v) is 2.86. The Labute approximate surface area is 134 Å². The zero-order chi connectivity index (χ0) is 16.3. The van der Waals surface area contributed by atoms with E-state index in [9.17, 15) is 0 Å². The third-order valence-electron chi connectivity index (χ3n) is 2.04. The molecule has 0 spiro atoms. The average Bonchev–Trinajstić information content (AvgIpc) is 2.43. The van der Waals surface area contributed by atoms with E-state index in [1.165, 1.54) is 0 Å². The van der Waals surface area contributed by atoms with Gasteiger partial charge in [-0.1, -0.05) is 65.7 Å². The summed E-state index contributed by atoms with van der Waals surface area (Å²) in [5.41, 5.74) is 2.06. The average molecular weight is 329 g/mol. The summed E-state index contributed by atoms with van der Waals surface area (Å²) < 4.78 is 0. The molecule has 0 fully saturated rings. The van der Waals surface area contributed by atoms with Gasteiger partial charge in [0.05, 0.1) is 10.0 Å². The van der Waals surface area contributed by atoms with E-state index in [4.69, 9.17) is 38.2 Å². The molecule has 0 aromatic heterocycles. The molecule has 2 rings (SSSR count). The molecule has 5 heteroatoms. The van der Waals surface area contributed by atoms with Crippen LogP contribution in [0.5, 0.6) is 0 Å². The maximum atomic E-state index is 9.00. The molecule has 3 nitrogen and oxygen atoms in total. The van der Waals surface area contributed by atoms with Crippen molar-refractivity contribution in [1.29, 1.82) is 0 Å². The fourth-order valence-corrected chi connectivity index (χ4v) is 1.75. The molecule has 21 heavy (non-hydrogen) atoms. The van der Waals surface area contributed by atoms with Gasteiger partial charge in [0.1, 0.15) is 0 Å². The van der Waals surface area contributed by atoms with Crippen LogP contribution in [0.25, 0.3) is 11.1 Å². The summed E-state index contributed by atoms with van der Waals surface area (Å²) in [5, 5.41) is 16.2. The van der Waals surface area contributed by atoms with E-state index in [-0.39, 0.29) is 6.61 Å². The van der Waals surface area contributed by atoms with E-state index in [0.29, 0.717) is 10.0 Å². The second-order valence-electron chi connectivity index (χ2n) is 3.80. The molecule has 2 N–H and O–H groups in total. The van der Waals surface area contributed by atoms with Crippen LogP contribution >= 0.6 is 23.2 Å². The number of carboxylic acids is 1. The zero-order valence-corrected chi connectivity index (χ0v) is 13.4. The van der Waals surface area contributed by atoms with Gasteiger partial charge < -0.3 is 10.2 Å². The normalized spacial score (nSPS) is 8.81. The molecule has 0 radical (unpaired) electrons. The first kappa shape index (κ1) is 19.4. The maximum Gasteiger partial charge on any atom is 0.300 e. The molecule has 0 bridgehead atoms. The van der Waals surface area contributed by atoms with E-state index >= 15 is 0 Å². The van der Waals surface area contributed by atoms with Crippen LogP contribution in [0.3, 0.4) is 0 Å². The van der Waals surface area contributed by atoms with Crippen LogP contribution in [-0.2, 0) is 4.79 Å². The van der Waals surface area contributed by atoms with Crippen LogP contribution in [0, 0.1) is 0 Å².